The first-order chi connectivity index (χ1) is 7.86. The highest BCUT2D eigenvalue weighted by Crippen LogP contribution is 2.09. The fraction of sp³-hybridized carbons (Fsp3) is 0.769. The van der Waals surface area contributed by atoms with Gasteiger partial charge in [-0.15, -0.1) is 0 Å². The maximum Gasteiger partial charge on any atom is 0.0597 e. The van der Waals surface area contributed by atoms with Crippen LogP contribution >= 0.6 is 0 Å². The topological polar surface area (TPSA) is 33.1 Å². The highest BCUT2D eigenvalue weighted by atomic mass is 15.3. The van der Waals surface area contributed by atoms with E-state index in [0.29, 0.717) is 0 Å². The quantitative estimate of drug-likeness (QED) is 0.818. The van der Waals surface area contributed by atoms with Gasteiger partial charge in [-0.1, -0.05) is 0 Å². The zero-order valence-electron chi connectivity index (χ0n) is 12.0. The lowest BCUT2D eigenvalue weighted by Gasteiger charge is -2.32. The van der Waals surface area contributed by atoms with Crippen LogP contribution in [0.2, 0.25) is 0 Å². The molecule has 0 saturated heterocycles. The first-order valence-corrected chi connectivity index (χ1v) is 6.28. The molecule has 1 aromatic rings. The normalized spacial score (nSPS) is 12.4. The van der Waals surface area contributed by atoms with E-state index in [-0.39, 0.29) is 5.54 Å². The fourth-order valence-electron chi connectivity index (χ4n) is 1.67. The Morgan fingerprint density at radius 2 is 2.06 bits per heavy atom. The second-order valence-corrected chi connectivity index (χ2v) is 5.40. The summed E-state index contributed by atoms with van der Waals surface area (Å²) < 4.78 is 2.06. The molecule has 4 nitrogen and oxygen atoms in total. The van der Waals surface area contributed by atoms with Gasteiger partial charge in [0, 0.05) is 25.2 Å². The fourth-order valence-corrected chi connectivity index (χ4v) is 1.67. The number of nitrogens with one attached hydrogen (secondary N) is 1. The van der Waals surface area contributed by atoms with E-state index in [1.54, 1.807) is 0 Å². The summed E-state index contributed by atoms with van der Waals surface area (Å²) in [6.07, 6.45) is 0. The van der Waals surface area contributed by atoms with Crippen molar-refractivity contribution in [3.8, 4) is 0 Å². The summed E-state index contributed by atoms with van der Waals surface area (Å²) in [4.78, 5) is 2.24. The van der Waals surface area contributed by atoms with Crippen molar-refractivity contribution < 1.29 is 0 Å². The average Bonchev–Trinajstić information content (AvgIpc) is 2.58. The molecule has 4 heteroatoms. The molecule has 1 rings (SSSR count). The van der Waals surface area contributed by atoms with Crippen molar-refractivity contribution >= 4 is 0 Å². The molecule has 0 radical (unpaired) electrons. The van der Waals surface area contributed by atoms with Crippen LogP contribution in [0.25, 0.3) is 0 Å². The maximum atomic E-state index is 4.45. The van der Waals surface area contributed by atoms with E-state index >= 15 is 0 Å². The molecule has 1 aromatic heterocycles. The van der Waals surface area contributed by atoms with Crippen molar-refractivity contribution in [2.45, 2.75) is 46.3 Å². The minimum absolute atomic E-state index is 0.173. The zero-order chi connectivity index (χ0) is 13.1. The monoisotopic (exact) mass is 238 g/mol. The van der Waals surface area contributed by atoms with Gasteiger partial charge in [0.2, 0.25) is 0 Å². The SMILES string of the molecule is CCn1nc(C)cc1CNCC(C)(C)N(C)C. The molecule has 0 aliphatic heterocycles. The molecule has 98 valence electrons. The molecule has 1 heterocycles. The number of rotatable bonds is 6. The molecule has 0 spiro atoms. The number of aromatic nitrogens is 2. The first-order valence-electron chi connectivity index (χ1n) is 6.28. The summed E-state index contributed by atoms with van der Waals surface area (Å²) in [6, 6.07) is 2.15. The number of hydrogen-bond acceptors (Lipinski definition) is 3. The minimum Gasteiger partial charge on any atom is -0.309 e. The highest BCUT2D eigenvalue weighted by Gasteiger charge is 2.19. The van der Waals surface area contributed by atoms with E-state index in [9.17, 15) is 0 Å². The van der Waals surface area contributed by atoms with Crippen LogP contribution in [-0.2, 0) is 13.1 Å². The van der Waals surface area contributed by atoms with E-state index < -0.39 is 0 Å². The van der Waals surface area contributed by atoms with E-state index in [0.717, 1.165) is 25.3 Å². The zero-order valence-corrected chi connectivity index (χ0v) is 12.0. The largest absolute Gasteiger partial charge is 0.309 e. The Morgan fingerprint density at radius 3 is 2.59 bits per heavy atom. The molecule has 0 atom stereocenters. The number of hydrogen-bond donors (Lipinski definition) is 1. The van der Waals surface area contributed by atoms with Gasteiger partial charge in [-0.25, -0.2) is 0 Å². The van der Waals surface area contributed by atoms with Crippen LogP contribution in [0, 0.1) is 6.92 Å². The first kappa shape index (κ1) is 14.2. The van der Waals surface area contributed by atoms with Crippen LogP contribution in [-0.4, -0.2) is 40.9 Å². The van der Waals surface area contributed by atoms with Crippen molar-refractivity contribution in [1.82, 2.24) is 20.0 Å². The number of likely N-dealkylation sites (N-methyl/N-ethyl adjacent to an activating group) is 1. The predicted octanol–water partition coefficient (Wildman–Crippen LogP) is 1.64. The van der Waals surface area contributed by atoms with Gasteiger partial charge in [-0.3, -0.25) is 4.68 Å². The lowest BCUT2D eigenvalue weighted by molar-refractivity contribution is 0.189. The third-order valence-corrected chi connectivity index (χ3v) is 3.36. The van der Waals surface area contributed by atoms with Crippen LogP contribution in [0.1, 0.15) is 32.2 Å². The molecule has 0 aliphatic carbocycles. The molecule has 0 fully saturated rings. The summed E-state index contributed by atoms with van der Waals surface area (Å²) in [5.74, 6) is 0. The molecule has 0 aromatic carbocycles. The van der Waals surface area contributed by atoms with Crippen LogP contribution in [0.15, 0.2) is 6.07 Å². The second kappa shape index (κ2) is 5.65. The summed E-state index contributed by atoms with van der Waals surface area (Å²) in [6.45, 7) is 11.4. The molecule has 1 N–H and O–H groups in total. The third-order valence-electron chi connectivity index (χ3n) is 3.36. The van der Waals surface area contributed by atoms with E-state index in [2.05, 4.69) is 60.9 Å². The van der Waals surface area contributed by atoms with Crippen molar-refractivity contribution in [1.29, 1.82) is 0 Å². The lowest BCUT2D eigenvalue weighted by Crippen LogP contribution is -2.46. The van der Waals surface area contributed by atoms with Gasteiger partial charge in [0.15, 0.2) is 0 Å². The molecule has 0 unspecified atom stereocenters. The Bertz CT molecular complexity index is 352. The van der Waals surface area contributed by atoms with Gasteiger partial charge in [-0.2, -0.15) is 5.10 Å². The van der Waals surface area contributed by atoms with Crippen LogP contribution in [0.4, 0.5) is 0 Å². The Hall–Kier alpha value is -0.870. The standard InChI is InChI=1S/C13H26N4/c1-7-17-12(8-11(2)15-17)9-14-10-13(3,4)16(5)6/h8,14H,7,9-10H2,1-6H3. The molecule has 0 aliphatic rings. The number of aryl methyl sites for hydroxylation is 2. The van der Waals surface area contributed by atoms with Gasteiger partial charge < -0.3 is 10.2 Å². The van der Waals surface area contributed by atoms with Crippen molar-refractivity contribution in [3.63, 3.8) is 0 Å². The molecular formula is C13H26N4. The Labute approximate surface area is 105 Å². The van der Waals surface area contributed by atoms with E-state index in [1.165, 1.54) is 5.69 Å². The van der Waals surface area contributed by atoms with Crippen molar-refractivity contribution in [3.05, 3.63) is 17.5 Å². The van der Waals surface area contributed by atoms with Crippen LogP contribution < -0.4 is 5.32 Å². The lowest BCUT2D eigenvalue weighted by atomic mass is 10.0. The van der Waals surface area contributed by atoms with Gasteiger partial charge in [0.1, 0.15) is 0 Å². The van der Waals surface area contributed by atoms with Crippen molar-refractivity contribution in [2.24, 2.45) is 0 Å². The highest BCUT2D eigenvalue weighted by molar-refractivity contribution is 5.08. The molecular weight excluding hydrogens is 212 g/mol. The number of nitrogens with zero attached hydrogens (tertiary/aromatic N) is 3. The van der Waals surface area contributed by atoms with Crippen LogP contribution in [0.5, 0.6) is 0 Å². The third kappa shape index (κ3) is 3.82. The van der Waals surface area contributed by atoms with Gasteiger partial charge >= 0.3 is 0 Å². The second-order valence-electron chi connectivity index (χ2n) is 5.40. The molecule has 17 heavy (non-hydrogen) atoms. The summed E-state index contributed by atoms with van der Waals surface area (Å²) in [7, 11) is 4.23. The molecule has 0 amide bonds. The average molecular weight is 238 g/mol. The Balaban J connectivity index is 2.51. The summed E-state index contributed by atoms with van der Waals surface area (Å²) in [5, 5.41) is 7.95. The maximum absolute atomic E-state index is 4.45. The van der Waals surface area contributed by atoms with Gasteiger partial charge in [-0.05, 0) is 47.9 Å². The van der Waals surface area contributed by atoms with E-state index in [1.807, 2.05) is 6.92 Å². The predicted molar refractivity (Wildman–Crippen MR) is 72.1 cm³/mol. The molecule has 0 bridgehead atoms. The van der Waals surface area contributed by atoms with E-state index in [4.69, 9.17) is 0 Å². The Kier molecular flexibility index (Phi) is 4.71. The Morgan fingerprint density at radius 1 is 1.41 bits per heavy atom. The minimum atomic E-state index is 0.173. The summed E-state index contributed by atoms with van der Waals surface area (Å²) >= 11 is 0. The van der Waals surface area contributed by atoms with Gasteiger partial charge in [0.25, 0.3) is 0 Å². The van der Waals surface area contributed by atoms with Crippen molar-refractivity contribution in [2.75, 3.05) is 20.6 Å². The molecule has 0 saturated carbocycles. The smallest absolute Gasteiger partial charge is 0.0597 e. The summed E-state index contributed by atoms with van der Waals surface area (Å²) in [5.41, 5.74) is 2.53. The van der Waals surface area contributed by atoms with Crippen LogP contribution in [0.3, 0.4) is 0 Å². The van der Waals surface area contributed by atoms with Gasteiger partial charge in [0.05, 0.1) is 11.4 Å².